The number of hydrogen-bond acceptors (Lipinski definition) is 0. The monoisotopic (exact) mass is 532 g/mol. The van der Waals surface area contributed by atoms with E-state index in [2.05, 4.69) is 170 Å². The van der Waals surface area contributed by atoms with Crippen LogP contribution in [0.25, 0.3) is 76.8 Å². The minimum Gasteiger partial charge on any atom is -0.0622 e. The van der Waals surface area contributed by atoms with Crippen LogP contribution in [0.2, 0.25) is 0 Å². The molecule has 0 aliphatic heterocycles. The third-order valence-corrected chi connectivity index (χ3v) is 8.45. The van der Waals surface area contributed by atoms with Crippen LogP contribution in [0.3, 0.4) is 0 Å². The normalized spacial score (nSPS) is 11.3. The van der Waals surface area contributed by atoms with Crippen molar-refractivity contribution < 1.29 is 0 Å². The van der Waals surface area contributed by atoms with Gasteiger partial charge in [-0.3, -0.25) is 0 Å². The van der Waals surface area contributed by atoms with Gasteiger partial charge in [0, 0.05) is 0 Å². The molecule has 0 saturated carbocycles. The van der Waals surface area contributed by atoms with Crippen molar-refractivity contribution in [3.63, 3.8) is 0 Å². The molecule has 8 aromatic carbocycles. The first-order chi connectivity index (χ1) is 20.8. The summed E-state index contributed by atoms with van der Waals surface area (Å²) in [5, 5.41) is 7.65. The van der Waals surface area contributed by atoms with Gasteiger partial charge in [0.25, 0.3) is 0 Å². The second-order valence-corrected chi connectivity index (χ2v) is 10.9. The average molecular weight is 533 g/mol. The zero-order valence-corrected chi connectivity index (χ0v) is 23.2. The fourth-order valence-electron chi connectivity index (χ4n) is 6.39. The molecule has 0 aromatic heterocycles. The van der Waals surface area contributed by atoms with Crippen molar-refractivity contribution in [2.24, 2.45) is 0 Å². The van der Waals surface area contributed by atoms with Crippen LogP contribution in [0.15, 0.2) is 170 Å². The predicted molar refractivity (Wildman–Crippen MR) is 181 cm³/mol. The number of hydrogen-bond donors (Lipinski definition) is 0. The third kappa shape index (κ3) is 4.17. The van der Waals surface area contributed by atoms with Gasteiger partial charge >= 0.3 is 0 Å². The number of benzene rings is 8. The van der Waals surface area contributed by atoms with E-state index < -0.39 is 0 Å². The Bertz CT molecular complexity index is 2200. The molecule has 0 spiro atoms. The van der Waals surface area contributed by atoms with Crippen LogP contribution in [0, 0.1) is 0 Å². The lowest BCUT2D eigenvalue weighted by atomic mass is 9.86. The van der Waals surface area contributed by atoms with E-state index in [0.29, 0.717) is 0 Å². The second-order valence-electron chi connectivity index (χ2n) is 10.9. The second kappa shape index (κ2) is 10.2. The molecule has 0 bridgehead atoms. The van der Waals surface area contributed by atoms with E-state index in [1.165, 1.54) is 76.8 Å². The highest BCUT2D eigenvalue weighted by molar-refractivity contribution is 6.23. The predicted octanol–water partition coefficient (Wildman–Crippen LogP) is 11.8. The van der Waals surface area contributed by atoms with Gasteiger partial charge in [-0.15, -0.1) is 0 Å². The van der Waals surface area contributed by atoms with Crippen LogP contribution in [-0.2, 0) is 0 Å². The van der Waals surface area contributed by atoms with E-state index >= 15 is 0 Å². The van der Waals surface area contributed by atoms with E-state index in [0.717, 1.165) is 0 Å². The zero-order valence-electron chi connectivity index (χ0n) is 23.2. The Kier molecular flexibility index (Phi) is 5.90. The van der Waals surface area contributed by atoms with Crippen LogP contribution >= 0.6 is 0 Å². The Balaban J connectivity index is 1.52. The molecule has 0 radical (unpaired) electrons. The third-order valence-electron chi connectivity index (χ3n) is 8.45. The van der Waals surface area contributed by atoms with Crippen LogP contribution in [-0.4, -0.2) is 0 Å². The molecular formula is C42H28. The summed E-state index contributed by atoms with van der Waals surface area (Å²) in [6.07, 6.45) is 0. The summed E-state index contributed by atoms with van der Waals surface area (Å²) in [7, 11) is 0. The average Bonchev–Trinajstić information content (AvgIpc) is 3.08. The van der Waals surface area contributed by atoms with Crippen molar-refractivity contribution in [2.75, 3.05) is 0 Å². The van der Waals surface area contributed by atoms with Gasteiger partial charge in [-0.2, -0.15) is 0 Å². The van der Waals surface area contributed by atoms with E-state index in [1.54, 1.807) is 0 Å². The minimum atomic E-state index is 1.23. The molecule has 0 aliphatic rings. The van der Waals surface area contributed by atoms with Crippen molar-refractivity contribution >= 4 is 32.3 Å². The molecule has 0 fully saturated rings. The standard InChI is InChI=1S/C42H28/c1-5-13-29(14-6-1)33-21-22-35-39(32-19-11-4-12-20-32)28-42-37(40(35)25-33)24-23-36-38(31-17-9-3-10-18-31)26-34(27-41(36)42)30-15-7-2-8-16-30/h1-28H. The summed E-state index contributed by atoms with van der Waals surface area (Å²) < 4.78 is 0. The van der Waals surface area contributed by atoms with Gasteiger partial charge in [0.1, 0.15) is 0 Å². The molecule has 8 rings (SSSR count). The molecule has 0 nitrogen and oxygen atoms in total. The molecule has 42 heavy (non-hydrogen) atoms. The summed E-state index contributed by atoms with van der Waals surface area (Å²) >= 11 is 0. The summed E-state index contributed by atoms with van der Waals surface area (Å²) in [6.45, 7) is 0. The van der Waals surface area contributed by atoms with Crippen LogP contribution < -0.4 is 0 Å². The van der Waals surface area contributed by atoms with Gasteiger partial charge in [0.2, 0.25) is 0 Å². The van der Waals surface area contributed by atoms with E-state index in [-0.39, 0.29) is 0 Å². The van der Waals surface area contributed by atoms with Gasteiger partial charge in [-0.1, -0.05) is 146 Å². The van der Waals surface area contributed by atoms with Crippen LogP contribution in [0.5, 0.6) is 0 Å². The molecule has 0 amide bonds. The lowest BCUT2D eigenvalue weighted by Gasteiger charge is -2.17. The zero-order chi connectivity index (χ0) is 27.9. The first-order valence-electron chi connectivity index (χ1n) is 14.5. The fourth-order valence-corrected chi connectivity index (χ4v) is 6.39. The van der Waals surface area contributed by atoms with Gasteiger partial charge in [0.05, 0.1) is 0 Å². The molecular weight excluding hydrogens is 504 g/mol. The van der Waals surface area contributed by atoms with E-state index in [4.69, 9.17) is 0 Å². The lowest BCUT2D eigenvalue weighted by Crippen LogP contribution is -1.90. The van der Waals surface area contributed by atoms with Gasteiger partial charge < -0.3 is 0 Å². The summed E-state index contributed by atoms with van der Waals surface area (Å²) in [5.41, 5.74) is 9.91. The maximum absolute atomic E-state index is 2.42. The number of rotatable bonds is 4. The van der Waals surface area contributed by atoms with Crippen molar-refractivity contribution in [1.29, 1.82) is 0 Å². The quantitative estimate of drug-likeness (QED) is 0.198. The molecule has 8 aromatic rings. The fraction of sp³-hybridized carbons (Fsp3) is 0. The Morgan fingerprint density at radius 2 is 0.571 bits per heavy atom. The van der Waals surface area contributed by atoms with Crippen molar-refractivity contribution in [3.05, 3.63) is 170 Å². The molecule has 0 atom stereocenters. The smallest absolute Gasteiger partial charge is 0.00923 e. The highest BCUT2D eigenvalue weighted by Gasteiger charge is 2.15. The molecule has 0 heteroatoms. The summed E-state index contributed by atoms with van der Waals surface area (Å²) in [5.74, 6) is 0. The van der Waals surface area contributed by atoms with Crippen molar-refractivity contribution in [1.82, 2.24) is 0 Å². The van der Waals surface area contributed by atoms with Gasteiger partial charge in [-0.05, 0) is 101 Å². The molecule has 0 unspecified atom stereocenters. The van der Waals surface area contributed by atoms with Gasteiger partial charge in [-0.25, -0.2) is 0 Å². The first-order valence-corrected chi connectivity index (χ1v) is 14.5. The molecule has 0 heterocycles. The summed E-state index contributed by atoms with van der Waals surface area (Å²) in [4.78, 5) is 0. The Labute approximate surface area is 246 Å². The Morgan fingerprint density at radius 3 is 1.14 bits per heavy atom. The maximum Gasteiger partial charge on any atom is -0.00923 e. The summed E-state index contributed by atoms with van der Waals surface area (Å²) in [6, 6.07) is 61.8. The molecule has 196 valence electrons. The first kappa shape index (κ1) is 24.3. The van der Waals surface area contributed by atoms with E-state index in [9.17, 15) is 0 Å². The highest BCUT2D eigenvalue weighted by Crippen LogP contribution is 2.43. The number of fused-ring (bicyclic) bond motifs is 5. The lowest BCUT2D eigenvalue weighted by molar-refractivity contribution is 1.62. The topological polar surface area (TPSA) is 0 Å². The van der Waals surface area contributed by atoms with Crippen LogP contribution in [0.4, 0.5) is 0 Å². The SMILES string of the molecule is c1ccc(-c2ccc3c(-c4ccccc4)cc4c5cc(-c6ccccc6)cc(-c6ccccc6)c5ccc4c3c2)cc1. The van der Waals surface area contributed by atoms with Crippen molar-refractivity contribution in [3.8, 4) is 44.5 Å². The highest BCUT2D eigenvalue weighted by atomic mass is 14.2. The van der Waals surface area contributed by atoms with Crippen LogP contribution in [0.1, 0.15) is 0 Å². The minimum absolute atomic E-state index is 1.23. The van der Waals surface area contributed by atoms with Crippen molar-refractivity contribution in [2.45, 2.75) is 0 Å². The van der Waals surface area contributed by atoms with E-state index in [1.807, 2.05) is 0 Å². The molecule has 0 saturated heterocycles. The molecule has 0 N–H and O–H groups in total. The Hall–Kier alpha value is -5.46. The molecule has 0 aliphatic carbocycles. The Morgan fingerprint density at radius 1 is 0.190 bits per heavy atom. The largest absolute Gasteiger partial charge is 0.0622 e. The maximum atomic E-state index is 2.42. The van der Waals surface area contributed by atoms with Gasteiger partial charge in [0.15, 0.2) is 0 Å².